The number of benzene rings is 1. The molecule has 1 aromatic rings. The quantitative estimate of drug-likeness (QED) is 0.659. The van der Waals surface area contributed by atoms with Crippen molar-refractivity contribution >= 4 is 21.7 Å². The molecule has 0 unspecified atom stereocenters. The fraction of sp³-hybridized carbons (Fsp3) is 0.500. The highest BCUT2D eigenvalue weighted by Crippen LogP contribution is 2.57. The Morgan fingerprint density at radius 3 is 2.50 bits per heavy atom. The molecule has 8 heteroatoms. The van der Waals surface area contributed by atoms with E-state index in [2.05, 4.69) is 5.32 Å². The summed E-state index contributed by atoms with van der Waals surface area (Å²) in [6.07, 6.45) is 0.249. The van der Waals surface area contributed by atoms with Crippen LogP contribution < -0.4 is 11.1 Å². The summed E-state index contributed by atoms with van der Waals surface area (Å²) >= 11 is 0. The van der Waals surface area contributed by atoms with E-state index in [1.165, 1.54) is 0 Å². The molecule has 2 aliphatic rings. The Balaban J connectivity index is 1.78. The zero-order chi connectivity index (χ0) is 17.7. The first-order valence-corrected chi connectivity index (χ1v) is 9.47. The van der Waals surface area contributed by atoms with E-state index in [9.17, 15) is 23.1 Å². The molecular formula is C16H20N2O5S. The lowest BCUT2D eigenvalue weighted by molar-refractivity contribution is -0.147. The molecule has 1 aliphatic carbocycles. The average Bonchev–Trinajstić information content (AvgIpc) is 3.12. The van der Waals surface area contributed by atoms with Crippen LogP contribution in [0.3, 0.4) is 0 Å². The van der Waals surface area contributed by atoms with Crippen molar-refractivity contribution in [3.05, 3.63) is 35.9 Å². The van der Waals surface area contributed by atoms with Gasteiger partial charge < -0.3 is 16.2 Å². The fourth-order valence-electron chi connectivity index (χ4n) is 3.87. The highest BCUT2D eigenvalue weighted by atomic mass is 32.2. The van der Waals surface area contributed by atoms with Crippen LogP contribution in [0, 0.1) is 11.8 Å². The summed E-state index contributed by atoms with van der Waals surface area (Å²) in [6, 6.07) is 8.17. The summed E-state index contributed by atoms with van der Waals surface area (Å²) in [6.45, 7) is 1.69. The molecule has 3 rings (SSSR count). The van der Waals surface area contributed by atoms with E-state index >= 15 is 0 Å². The maximum Gasteiger partial charge on any atom is 0.330 e. The maximum atomic E-state index is 12.4. The summed E-state index contributed by atoms with van der Waals surface area (Å²) in [5.74, 6) is -3.39. The smallest absolute Gasteiger partial charge is 0.330 e. The first-order valence-electron chi connectivity index (χ1n) is 7.75. The number of carbonyl (C=O) groups is 2. The minimum atomic E-state index is -3.52. The highest BCUT2D eigenvalue weighted by molar-refractivity contribution is 7.92. The van der Waals surface area contributed by atoms with E-state index < -0.39 is 50.2 Å². The number of amides is 1. The molecule has 0 aromatic heterocycles. The van der Waals surface area contributed by atoms with Crippen LogP contribution in [0.1, 0.15) is 12.5 Å². The minimum Gasteiger partial charge on any atom is -0.479 e. The predicted octanol–water partition coefficient (Wildman–Crippen LogP) is -0.441. The van der Waals surface area contributed by atoms with Crippen LogP contribution in [0.4, 0.5) is 0 Å². The predicted molar refractivity (Wildman–Crippen MR) is 86.9 cm³/mol. The average molecular weight is 352 g/mol. The molecule has 1 heterocycles. The SMILES string of the molecule is C[C@@H]1[C@@H]2[C@H]1S(=O)(=O)C[C@@]2(NC(=O)[C@@H](N)Cc1ccccc1)C(=O)O. The van der Waals surface area contributed by atoms with Gasteiger partial charge in [0.25, 0.3) is 0 Å². The molecule has 7 nitrogen and oxygen atoms in total. The Morgan fingerprint density at radius 2 is 2.00 bits per heavy atom. The molecule has 2 fully saturated rings. The van der Waals surface area contributed by atoms with Gasteiger partial charge in [-0.3, -0.25) is 4.79 Å². The van der Waals surface area contributed by atoms with E-state index in [0.717, 1.165) is 5.56 Å². The van der Waals surface area contributed by atoms with Crippen molar-refractivity contribution < 1.29 is 23.1 Å². The Morgan fingerprint density at radius 1 is 1.38 bits per heavy atom. The Kier molecular flexibility index (Phi) is 3.92. The molecular weight excluding hydrogens is 332 g/mol. The lowest BCUT2D eigenvalue weighted by Crippen LogP contribution is -2.61. The lowest BCUT2D eigenvalue weighted by Gasteiger charge is -2.29. The number of aliphatic carboxylic acids is 1. The standard InChI is InChI=1S/C16H20N2O5S/c1-9-12-13(9)24(22,23)8-16(12,15(20)21)18-14(19)11(17)7-10-5-3-2-4-6-10/h2-6,9,11-13H,7-8,17H2,1H3,(H,18,19)(H,20,21)/t9-,11+,12-,13+,16+/m1/s1. The second kappa shape index (κ2) is 5.56. The summed E-state index contributed by atoms with van der Waals surface area (Å²) in [5.41, 5.74) is 4.97. The summed E-state index contributed by atoms with van der Waals surface area (Å²) in [7, 11) is -3.52. The van der Waals surface area contributed by atoms with Crippen LogP contribution in [-0.4, -0.2) is 48.0 Å². The fourth-order valence-corrected chi connectivity index (χ4v) is 6.74. The number of rotatable bonds is 5. The Bertz CT molecular complexity index is 779. The molecule has 130 valence electrons. The summed E-state index contributed by atoms with van der Waals surface area (Å²) < 4.78 is 24.3. The molecule has 0 spiro atoms. The number of sulfone groups is 1. The van der Waals surface area contributed by atoms with Crippen LogP contribution in [0.15, 0.2) is 30.3 Å². The third-order valence-electron chi connectivity index (χ3n) is 5.07. The van der Waals surface area contributed by atoms with Gasteiger partial charge in [-0.25, -0.2) is 13.2 Å². The topological polar surface area (TPSA) is 127 Å². The van der Waals surface area contributed by atoms with E-state index in [-0.39, 0.29) is 12.3 Å². The van der Waals surface area contributed by atoms with Gasteiger partial charge in [0, 0.05) is 5.92 Å². The molecule has 5 atom stereocenters. The zero-order valence-electron chi connectivity index (χ0n) is 13.2. The molecule has 1 saturated heterocycles. The molecule has 0 bridgehead atoms. The lowest BCUT2D eigenvalue weighted by atomic mass is 9.93. The number of carboxylic acid groups (broad SMARTS) is 1. The van der Waals surface area contributed by atoms with Crippen molar-refractivity contribution in [3.8, 4) is 0 Å². The van der Waals surface area contributed by atoms with Crippen molar-refractivity contribution in [2.75, 3.05) is 5.75 Å². The number of nitrogens with one attached hydrogen (secondary N) is 1. The molecule has 1 aromatic carbocycles. The summed E-state index contributed by atoms with van der Waals surface area (Å²) in [4.78, 5) is 24.2. The number of carboxylic acids is 1. The third kappa shape index (κ3) is 2.59. The normalized spacial score (nSPS) is 34.2. The largest absolute Gasteiger partial charge is 0.479 e. The third-order valence-corrected chi connectivity index (χ3v) is 7.48. The second-order valence-corrected chi connectivity index (χ2v) is 8.88. The van der Waals surface area contributed by atoms with Gasteiger partial charge in [0.15, 0.2) is 15.4 Å². The van der Waals surface area contributed by atoms with Crippen LogP contribution in [0.5, 0.6) is 0 Å². The molecule has 4 N–H and O–H groups in total. The van der Waals surface area contributed by atoms with E-state index in [1.807, 2.05) is 30.3 Å². The van der Waals surface area contributed by atoms with Gasteiger partial charge in [0.05, 0.1) is 17.0 Å². The molecule has 1 aliphatic heterocycles. The van der Waals surface area contributed by atoms with Gasteiger partial charge in [-0.2, -0.15) is 0 Å². The van der Waals surface area contributed by atoms with Gasteiger partial charge in [0.1, 0.15) is 0 Å². The van der Waals surface area contributed by atoms with Crippen molar-refractivity contribution in [2.24, 2.45) is 17.6 Å². The Hall–Kier alpha value is -1.93. The maximum absolute atomic E-state index is 12.4. The van der Waals surface area contributed by atoms with Crippen LogP contribution in [0.25, 0.3) is 0 Å². The van der Waals surface area contributed by atoms with Crippen LogP contribution >= 0.6 is 0 Å². The number of carbonyl (C=O) groups excluding carboxylic acids is 1. The number of nitrogens with two attached hydrogens (primary N) is 1. The molecule has 24 heavy (non-hydrogen) atoms. The summed E-state index contributed by atoms with van der Waals surface area (Å²) in [5, 5.41) is 11.4. The van der Waals surface area contributed by atoms with Crippen molar-refractivity contribution in [1.82, 2.24) is 5.32 Å². The van der Waals surface area contributed by atoms with Crippen LogP contribution in [0.2, 0.25) is 0 Å². The number of hydrogen-bond donors (Lipinski definition) is 3. The molecule has 1 saturated carbocycles. The van der Waals surface area contributed by atoms with Crippen molar-refractivity contribution in [2.45, 2.75) is 30.2 Å². The van der Waals surface area contributed by atoms with E-state index in [4.69, 9.17) is 5.73 Å². The molecule has 1 amide bonds. The second-order valence-electron chi connectivity index (χ2n) is 6.72. The molecule has 0 radical (unpaired) electrons. The number of fused-ring (bicyclic) bond motifs is 1. The highest BCUT2D eigenvalue weighted by Gasteiger charge is 2.75. The van der Waals surface area contributed by atoms with Gasteiger partial charge in [-0.05, 0) is 17.9 Å². The van der Waals surface area contributed by atoms with Crippen molar-refractivity contribution in [1.29, 1.82) is 0 Å². The van der Waals surface area contributed by atoms with Crippen LogP contribution in [-0.2, 0) is 25.8 Å². The monoisotopic (exact) mass is 352 g/mol. The van der Waals surface area contributed by atoms with Gasteiger partial charge in [-0.1, -0.05) is 37.3 Å². The minimum absolute atomic E-state index is 0.249. The zero-order valence-corrected chi connectivity index (χ0v) is 14.0. The van der Waals surface area contributed by atoms with E-state index in [1.54, 1.807) is 6.92 Å². The number of hydrogen-bond acceptors (Lipinski definition) is 5. The van der Waals surface area contributed by atoms with E-state index in [0.29, 0.717) is 0 Å². The first kappa shape index (κ1) is 16.9. The van der Waals surface area contributed by atoms with Gasteiger partial charge in [-0.15, -0.1) is 0 Å². The first-order chi connectivity index (χ1) is 11.2. The Labute approximate surface area is 140 Å². The van der Waals surface area contributed by atoms with Crippen molar-refractivity contribution in [3.63, 3.8) is 0 Å². The van der Waals surface area contributed by atoms with Gasteiger partial charge in [0.2, 0.25) is 5.91 Å². The van der Waals surface area contributed by atoms with Gasteiger partial charge >= 0.3 is 5.97 Å².